The minimum absolute atomic E-state index is 0.0136. The molecule has 0 unspecified atom stereocenters. The molecule has 11 heteroatoms. The molecule has 0 aliphatic carbocycles. The maximum atomic E-state index is 14.4. The number of primary amides is 1. The van der Waals surface area contributed by atoms with E-state index in [0.29, 0.717) is 5.56 Å². The van der Waals surface area contributed by atoms with Gasteiger partial charge in [-0.05, 0) is 42.8 Å². The molecule has 0 heterocycles. The van der Waals surface area contributed by atoms with E-state index in [2.05, 4.69) is 10.0 Å². The molecular weight excluding hydrogens is 454 g/mol. The Kier molecular flexibility index (Phi) is 6.84. The van der Waals surface area contributed by atoms with E-state index < -0.39 is 27.8 Å². The lowest BCUT2D eigenvalue weighted by molar-refractivity contribution is 0.0999. The summed E-state index contributed by atoms with van der Waals surface area (Å²) in [6, 6.07) is 12.1. The maximum absolute atomic E-state index is 14.4. The number of carbonyl (C=O) groups is 1. The van der Waals surface area contributed by atoms with Crippen molar-refractivity contribution in [3.63, 3.8) is 0 Å². The van der Waals surface area contributed by atoms with Crippen LogP contribution in [0.15, 0.2) is 54.6 Å². The van der Waals surface area contributed by atoms with E-state index in [1.807, 2.05) is 0 Å². The van der Waals surface area contributed by atoms with Crippen molar-refractivity contribution in [1.29, 1.82) is 0 Å². The molecule has 0 aliphatic rings. The van der Waals surface area contributed by atoms with Gasteiger partial charge in [0.25, 0.3) is 5.91 Å². The Labute approximate surface area is 190 Å². The van der Waals surface area contributed by atoms with Crippen molar-refractivity contribution in [3.8, 4) is 11.5 Å². The van der Waals surface area contributed by atoms with Gasteiger partial charge in [0.2, 0.25) is 0 Å². The van der Waals surface area contributed by atoms with Gasteiger partial charge in [0.1, 0.15) is 28.7 Å². The SMILES string of the molecule is Cc1ccc(Nc2cc(F)cc(Oc3cccc(NS(=O)(=O)N(C)C)c3)c2C(N)=O)c(F)c1. The molecule has 3 rings (SSSR count). The Morgan fingerprint density at radius 2 is 1.76 bits per heavy atom. The first-order valence-corrected chi connectivity index (χ1v) is 11.0. The van der Waals surface area contributed by atoms with Crippen molar-refractivity contribution in [2.24, 2.45) is 5.73 Å². The first-order valence-electron chi connectivity index (χ1n) is 9.61. The molecule has 0 bridgehead atoms. The normalized spacial score (nSPS) is 11.3. The molecule has 0 radical (unpaired) electrons. The van der Waals surface area contributed by atoms with Crippen molar-refractivity contribution in [2.45, 2.75) is 6.92 Å². The number of halogens is 2. The summed E-state index contributed by atoms with van der Waals surface area (Å²) in [5, 5.41) is 2.68. The lowest BCUT2D eigenvalue weighted by Crippen LogP contribution is -2.28. The van der Waals surface area contributed by atoms with Crippen LogP contribution in [-0.4, -0.2) is 32.7 Å². The maximum Gasteiger partial charge on any atom is 0.301 e. The number of nitrogens with zero attached hydrogens (tertiary/aromatic N) is 1. The predicted octanol–water partition coefficient (Wildman–Crippen LogP) is 4.13. The molecule has 0 saturated carbocycles. The fourth-order valence-corrected chi connectivity index (χ4v) is 3.48. The van der Waals surface area contributed by atoms with E-state index in [4.69, 9.17) is 10.5 Å². The summed E-state index contributed by atoms with van der Waals surface area (Å²) in [5.41, 5.74) is 6.08. The van der Waals surface area contributed by atoms with Crippen LogP contribution in [0.5, 0.6) is 11.5 Å². The third kappa shape index (κ3) is 5.76. The van der Waals surface area contributed by atoms with Crippen LogP contribution in [0.1, 0.15) is 15.9 Å². The van der Waals surface area contributed by atoms with Crippen LogP contribution in [0.25, 0.3) is 0 Å². The number of hydrogen-bond acceptors (Lipinski definition) is 5. The summed E-state index contributed by atoms with van der Waals surface area (Å²) in [5.74, 6) is -2.43. The van der Waals surface area contributed by atoms with Gasteiger partial charge in [0.05, 0.1) is 17.1 Å². The first-order chi connectivity index (χ1) is 15.5. The second-order valence-electron chi connectivity index (χ2n) is 7.32. The van der Waals surface area contributed by atoms with E-state index >= 15 is 0 Å². The van der Waals surface area contributed by atoms with E-state index in [1.165, 1.54) is 50.5 Å². The predicted molar refractivity (Wildman–Crippen MR) is 122 cm³/mol. The van der Waals surface area contributed by atoms with Crippen molar-refractivity contribution in [2.75, 3.05) is 24.1 Å². The molecule has 3 aromatic carbocycles. The van der Waals surface area contributed by atoms with Gasteiger partial charge in [-0.1, -0.05) is 12.1 Å². The number of anilines is 3. The Morgan fingerprint density at radius 3 is 2.39 bits per heavy atom. The molecule has 33 heavy (non-hydrogen) atoms. The van der Waals surface area contributed by atoms with E-state index in [1.54, 1.807) is 13.0 Å². The van der Waals surface area contributed by atoms with Crippen LogP contribution in [-0.2, 0) is 10.2 Å². The largest absolute Gasteiger partial charge is 0.456 e. The monoisotopic (exact) mass is 476 g/mol. The highest BCUT2D eigenvalue weighted by atomic mass is 32.2. The molecule has 1 amide bonds. The van der Waals surface area contributed by atoms with Gasteiger partial charge >= 0.3 is 10.2 Å². The quantitative estimate of drug-likeness (QED) is 0.453. The summed E-state index contributed by atoms with van der Waals surface area (Å²) in [7, 11) is -1.05. The number of nitrogens with two attached hydrogens (primary N) is 1. The Bertz CT molecular complexity index is 1310. The van der Waals surface area contributed by atoms with E-state index in [9.17, 15) is 22.0 Å². The number of aryl methyl sites for hydroxylation is 1. The number of ether oxygens (including phenoxy) is 1. The highest BCUT2D eigenvalue weighted by molar-refractivity contribution is 7.90. The zero-order valence-electron chi connectivity index (χ0n) is 18.0. The average molecular weight is 477 g/mol. The number of carbonyl (C=O) groups excluding carboxylic acids is 1. The standard InChI is InChI=1S/C22H22F2N4O4S/c1-13-7-8-18(17(24)9-13)26-19-10-14(23)11-20(21(19)22(25)29)32-16-6-4-5-15(12-16)27-33(30,31)28(2)3/h4-12,26-27H,1-3H3,(H2,25,29). The Morgan fingerprint density at radius 1 is 1.03 bits per heavy atom. The molecule has 4 N–H and O–H groups in total. The molecule has 3 aromatic rings. The Balaban J connectivity index is 1.99. The van der Waals surface area contributed by atoms with Crippen molar-refractivity contribution in [1.82, 2.24) is 4.31 Å². The number of nitrogens with one attached hydrogen (secondary N) is 2. The summed E-state index contributed by atoms with van der Waals surface area (Å²) < 4.78 is 61.8. The molecular formula is C22H22F2N4O4S. The van der Waals surface area contributed by atoms with Crippen molar-refractivity contribution in [3.05, 3.63) is 77.4 Å². The van der Waals surface area contributed by atoms with Crippen LogP contribution in [0.3, 0.4) is 0 Å². The van der Waals surface area contributed by atoms with Gasteiger partial charge in [-0.2, -0.15) is 12.7 Å². The molecule has 0 spiro atoms. The van der Waals surface area contributed by atoms with Crippen LogP contribution in [0, 0.1) is 18.6 Å². The number of benzene rings is 3. The summed E-state index contributed by atoms with van der Waals surface area (Å²) in [6.45, 7) is 1.71. The topological polar surface area (TPSA) is 114 Å². The number of hydrogen-bond donors (Lipinski definition) is 3. The zero-order chi connectivity index (χ0) is 24.3. The molecule has 0 fully saturated rings. The smallest absolute Gasteiger partial charge is 0.301 e. The fraction of sp³-hybridized carbons (Fsp3) is 0.136. The lowest BCUT2D eigenvalue weighted by atomic mass is 10.1. The van der Waals surface area contributed by atoms with Gasteiger partial charge in [-0.3, -0.25) is 9.52 Å². The molecule has 174 valence electrons. The van der Waals surface area contributed by atoms with E-state index in [0.717, 1.165) is 16.4 Å². The third-order valence-corrected chi connectivity index (χ3v) is 5.95. The highest BCUT2D eigenvalue weighted by Gasteiger charge is 2.20. The number of amides is 1. The molecule has 8 nitrogen and oxygen atoms in total. The Hall–Kier alpha value is -3.70. The molecule has 0 atom stereocenters. The highest BCUT2D eigenvalue weighted by Crippen LogP contribution is 2.34. The van der Waals surface area contributed by atoms with Gasteiger partial charge in [-0.25, -0.2) is 8.78 Å². The van der Waals surface area contributed by atoms with Crippen molar-refractivity contribution >= 4 is 33.2 Å². The minimum atomic E-state index is -3.77. The molecule has 0 aromatic heterocycles. The van der Waals surface area contributed by atoms with Gasteiger partial charge in [0, 0.05) is 26.2 Å². The van der Waals surface area contributed by atoms with Gasteiger partial charge in [-0.15, -0.1) is 0 Å². The van der Waals surface area contributed by atoms with Gasteiger partial charge < -0.3 is 15.8 Å². The van der Waals surface area contributed by atoms with E-state index in [-0.39, 0.29) is 34.1 Å². The fourth-order valence-electron chi connectivity index (χ4n) is 2.87. The first kappa shape index (κ1) is 24.0. The zero-order valence-corrected chi connectivity index (χ0v) is 18.8. The second-order valence-corrected chi connectivity index (χ2v) is 9.20. The van der Waals surface area contributed by atoms with Crippen LogP contribution >= 0.6 is 0 Å². The molecule has 0 aliphatic heterocycles. The van der Waals surface area contributed by atoms with Crippen LogP contribution < -0.4 is 20.5 Å². The second kappa shape index (κ2) is 9.43. The summed E-state index contributed by atoms with van der Waals surface area (Å²) in [6.07, 6.45) is 0. The summed E-state index contributed by atoms with van der Waals surface area (Å²) >= 11 is 0. The van der Waals surface area contributed by atoms with Crippen LogP contribution in [0.2, 0.25) is 0 Å². The van der Waals surface area contributed by atoms with Gasteiger partial charge in [0.15, 0.2) is 0 Å². The lowest BCUT2D eigenvalue weighted by Gasteiger charge is -2.17. The minimum Gasteiger partial charge on any atom is -0.456 e. The molecule has 0 saturated heterocycles. The summed E-state index contributed by atoms with van der Waals surface area (Å²) in [4.78, 5) is 12.2. The third-order valence-electron chi connectivity index (χ3n) is 4.50. The average Bonchev–Trinajstić information content (AvgIpc) is 2.69. The number of rotatable bonds is 8. The van der Waals surface area contributed by atoms with Crippen molar-refractivity contribution < 1.29 is 26.7 Å². The van der Waals surface area contributed by atoms with Crippen LogP contribution in [0.4, 0.5) is 25.8 Å².